The Kier molecular flexibility index (Phi) is 3.68. The number of carbonyl (C=O) groups is 1. The summed E-state index contributed by atoms with van der Waals surface area (Å²) in [6, 6.07) is 8.66. The molecule has 0 saturated heterocycles. The van der Waals surface area contributed by atoms with Crippen LogP contribution in [0.3, 0.4) is 0 Å². The molecule has 3 aromatic rings. The predicted molar refractivity (Wildman–Crippen MR) is 74.3 cm³/mol. The third kappa shape index (κ3) is 3.12. The Morgan fingerprint density at radius 1 is 1.22 bits per heavy atom. The van der Waals surface area contributed by atoms with Gasteiger partial charge in [0.05, 0.1) is 17.6 Å². The minimum atomic E-state index is -4.63. The summed E-state index contributed by atoms with van der Waals surface area (Å²) in [5.74, 6) is -1.81. The van der Waals surface area contributed by atoms with Crippen molar-refractivity contribution < 1.29 is 18.0 Å². The smallest absolute Gasteiger partial charge is 0.345 e. The van der Waals surface area contributed by atoms with E-state index < -0.39 is 17.9 Å². The molecule has 0 unspecified atom stereocenters. The van der Waals surface area contributed by atoms with Gasteiger partial charge in [-0.05, 0) is 12.1 Å². The maximum absolute atomic E-state index is 12.4. The SMILES string of the molecule is O=C(NCc1nc(C(F)(F)F)n[nH]1)c1cccc2cccnc12. The molecule has 1 amide bonds. The average Bonchev–Trinajstić information content (AvgIpc) is 3.01. The summed E-state index contributed by atoms with van der Waals surface area (Å²) in [7, 11) is 0. The third-order valence-corrected chi connectivity index (χ3v) is 3.08. The molecule has 0 aliphatic carbocycles. The van der Waals surface area contributed by atoms with Crippen LogP contribution in [0, 0.1) is 0 Å². The van der Waals surface area contributed by atoms with E-state index in [-0.39, 0.29) is 12.4 Å². The van der Waals surface area contributed by atoms with Crippen LogP contribution in [0.15, 0.2) is 36.5 Å². The van der Waals surface area contributed by atoms with Gasteiger partial charge in [-0.25, -0.2) is 4.98 Å². The number of alkyl halides is 3. The van der Waals surface area contributed by atoms with Gasteiger partial charge in [-0.3, -0.25) is 14.9 Å². The summed E-state index contributed by atoms with van der Waals surface area (Å²) < 4.78 is 37.2. The number of amides is 1. The van der Waals surface area contributed by atoms with Gasteiger partial charge in [-0.15, -0.1) is 5.10 Å². The molecule has 2 aromatic heterocycles. The topological polar surface area (TPSA) is 83.6 Å². The Bertz CT molecular complexity index is 853. The number of benzene rings is 1. The summed E-state index contributed by atoms with van der Waals surface area (Å²) in [5, 5.41) is 8.49. The molecule has 0 spiro atoms. The Balaban J connectivity index is 1.75. The fourth-order valence-electron chi connectivity index (χ4n) is 2.05. The zero-order valence-corrected chi connectivity index (χ0v) is 11.6. The third-order valence-electron chi connectivity index (χ3n) is 3.08. The van der Waals surface area contributed by atoms with Crippen molar-refractivity contribution >= 4 is 16.8 Å². The van der Waals surface area contributed by atoms with E-state index >= 15 is 0 Å². The highest BCUT2D eigenvalue weighted by molar-refractivity contribution is 6.05. The van der Waals surface area contributed by atoms with Gasteiger partial charge in [0.25, 0.3) is 11.7 Å². The van der Waals surface area contributed by atoms with Crippen molar-refractivity contribution in [1.82, 2.24) is 25.5 Å². The fraction of sp³-hybridized carbons (Fsp3) is 0.143. The summed E-state index contributed by atoms with van der Waals surface area (Å²) >= 11 is 0. The highest BCUT2D eigenvalue weighted by atomic mass is 19.4. The molecule has 0 aliphatic rings. The summed E-state index contributed by atoms with van der Waals surface area (Å²) in [5.41, 5.74) is 0.847. The van der Waals surface area contributed by atoms with Crippen LogP contribution < -0.4 is 5.32 Å². The molecule has 0 aliphatic heterocycles. The molecule has 0 radical (unpaired) electrons. The number of nitrogens with one attached hydrogen (secondary N) is 2. The number of carbonyl (C=O) groups excluding carboxylic acids is 1. The quantitative estimate of drug-likeness (QED) is 0.775. The van der Waals surface area contributed by atoms with Crippen molar-refractivity contribution in [3.8, 4) is 0 Å². The van der Waals surface area contributed by atoms with Crippen molar-refractivity contribution in [1.29, 1.82) is 0 Å². The number of hydrogen-bond donors (Lipinski definition) is 2. The first-order valence-electron chi connectivity index (χ1n) is 6.55. The van der Waals surface area contributed by atoms with E-state index in [1.165, 1.54) is 0 Å². The second kappa shape index (κ2) is 5.67. The average molecular weight is 321 g/mol. The molecule has 1 aromatic carbocycles. The molecule has 2 N–H and O–H groups in total. The van der Waals surface area contributed by atoms with Gasteiger partial charge in [0.15, 0.2) is 0 Å². The first kappa shape index (κ1) is 14.9. The number of fused-ring (bicyclic) bond motifs is 1. The van der Waals surface area contributed by atoms with E-state index in [0.29, 0.717) is 11.1 Å². The van der Waals surface area contributed by atoms with Gasteiger partial charge < -0.3 is 5.32 Å². The van der Waals surface area contributed by atoms with Gasteiger partial charge in [0.2, 0.25) is 0 Å². The van der Waals surface area contributed by atoms with Gasteiger partial charge in [0.1, 0.15) is 5.82 Å². The van der Waals surface area contributed by atoms with Gasteiger partial charge in [-0.2, -0.15) is 13.2 Å². The van der Waals surface area contributed by atoms with E-state index in [9.17, 15) is 18.0 Å². The lowest BCUT2D eigenvalue weighted by Crippen LogP contribution is -2.24. The molecule has 2 heterocycles. The number of rotatable bonds is 3. The molecule has 3 rings (SSSR count). The maximum Gasteiger partial charge on any atom is 0.453 e. The van der Waals surface area contributed by atoms with Gasteiger partial charge >= 0.3 is 6.18 Å². The monoisotopic (exact) mass is 321 g/mol. The highest BCUT2D eigenvalue weighted by Crippen LogP contribution is 2.25. The van der Waals surface area contributed by atoms with Crippen LogP contribution in [0.25, 0.3) is 10.9 Å². The van der Waals surface area contributed by atoms with Crippen molar-refractivity contribution in [2.75, 3.05) is 0 Å². The number of pyridine rings is 1. The predicted octanol–water partition coefficient (Wildman–Crippen LogP) is 2.30. The molecule has 0 saturated carbocycles. The Hall–Kier alpha value is -2.97. The Morgan fingerprint density at radius 3 is 2.74 bits per heavy atom. The molecule has 23 heavy (non-hydrogen) atoms. The highest BCUT2D eigenvalue weighted by Gasteiger charge is 2.36. The first-order chi connectivity index (χ1) is 10.9. The Labute approximate surface area is 127 Å². The number of aromatic amines is 1. The Morgan fingerprint density at radius 2 is 2.00 bits per heavy atom. The van der Waals surface area contributed by atoms with Crippen molar-refractivity contribution in [2.45, 2.75) is 12.7 Å². The van der Waals surface area contributed by atoms with Crippen molar-refractivity contribution in [3.63, 3.8) is 0 Å². The van der Waals surface area contributed by atoms with Gasteiger partial charge in [-0.1, -0.05) is 18.2 Å². The minimum absolute atomic E-state index is 0.0844. The number of aromatic nitrogens is 4. The standard InChI is InChI=1S/C14H10F3N5O/c15-14(16,17)13-20-10(21-22-13)7-19-12(23)9-5-1-3-8-4-2-6-18-11(8)9/h1-6H,7H2,(H,19,23)(H,20,21,22). The number of H-pyrrole nitrogens is 1. The maximum atomic E-state index is 12.4. The van der Waals surface area contributed by atoms with Crippen molar-refractivity contribution in [3.05, 3.63) is 53.7 Å². The van der Waals surface area contributed by atoms with Crippen molar-refractivity contribution in [2.24, 2.45) is 0 Å². The number of para-hydroxylation sites is 1. The molecule has 9 heteroatoms. The molecule has 6 nitrogen and oxygen atoms in total. The van der Waals surface area contributed by atoms with E-state index in [4.69, 9.17) is 0 Å². The van der Waals surface area contributed by atoms with E-state index in [2.05, 4.69) is 25.5 Å². The molecule has 118 valence electrons. The summed E-state index contributed by atoms with van der Waals surface area (Å²) in [4.78, 5) is 19.6. The lowest BCUT2D eigenvalue weighted by Gasteiger charge is -2.06. The van der Waals surface area contributed by atoms with E-state index in [1.807, 2.05) is 12.1 Å². The van der Waals surface area contributed by atoms with Crippen LogP contribution in [0.1, 0.15) is 22.0 Å². The van der Waals surface area contributed by atoms with Crippen LogP contribution in [0.4, 0.5) is 13.2 Å². The molecule has 0 fully saturated rings. The summed E-state index contributed by atoms with van der Waals surface area (Å²) in [6.45, 7) is -0.203. The normalized spacial score (nSPS) is 11.6. The molecular weight excluding hydrogens is 311 g/mol. The number of nitrogens with zero attached hydrogens (tertiary/aromatic N) is 3. The second-order valence-corrected chi connectivity index (χ2v) is 4.67. The molecule has 0 atom stereocenters. The van der Waals surface area contributed by atoms with Gasteiger partial charge in [0, 0.05) is 11.6 Å². The molecular formula is C14H10F3N5O. The first-order valence-corrected chi connectivity index (χ1v) is 6.55. The van der Waals surface area contributed by atoms with E-state index in [1.54, 1.807) is 24.4 Å². The van der Waals surface area contributed by atoms with E-state index in [0.717, 1.165) is 5.39 Å². The lowest BCUT2D eigenvalue weighted by molar-refractivity contribution is -0.144. The van der Waals surface area contributed by atoms with Crippen LogP contribution in [-0.4, -0.2) is 26.1 Å². The fourth-order valence-corrected chi connectivity index (χ4v) is 2.05. The summed E-state index contributed by atoms with van der Waals surface area (Å²) in [6.07, 6.45) is -3.07. The van der Waals surface area contributed by atoms with Crippen LogP contribution >= 0.6 is 0 Å². The van der Waals surface area contributed by atoms with Crippen LogP contribution in [0.5, 0.6) is 0 Å². The minimum Gasteiger partial charge on any atom is -0.345 e. The largest absolute Gasteiger partial charge is 0.453 e. The zero-order valence-electron chi connectivity index (χ0n) is 11.6. The zero-order chi connectivity index (χ0) is 16.4. The lowest BCUT2D eigenvalue weighted by atomic mass is 10.1. The number of hydrogen-bond acceptors (Lipinski definition) is 4. The van der Waals surface area contributed by atoms with Crippen LogP contribution in [0.2, 0.25) is 0 Å². The molecule has 0 bridgehead atoms. The second-order valence-electron chi connectivity index (χ2n) is 4.67. The van der Waals surface area contributed by atoms with Crippen LogP contribution in [-0.2, 0) is 12.7 Å². The number of halogens is 3.